The molecule has 40 heavy (non-hydrogen) atoms. The minimum absolute atomic E-state index is 0.156. The Morgan fingerprint density at radius 3 is 2.48 bits per heavy atom. The zero-order chi connectivity index (χ0) is 28.4. The van der Waals surface area contributed by atoms with Crippen molar-refractivity contribution < 1.29 is 13.2 Å². The molecule has 0 radical (unpaired) electrons. The molecule has 2 aromatic carbocycles. The number of nitrogens with zero attached hydrogens (tertiary/aromatic N) is 4. The summed E-state index contributed by atoms with van der Waals surface area (Å²) >= 11 is 0. The summed E-state index contributed by atoms with van der Waals surface area (Å²) in [6.45, 7) is 4.13. The lowest BCUT2D eigenvalue weighted by Crippen LogP contribution is -2.38. The number of hydrogen-bond acceptors (Lipinski definition) is 7. The van der Waals surface area contributed by atoms with Crippen molar-refractivity contribution in [3.05, 3.63) is 77.7 Å². The van der Waals surface area contributed by atoms with Crippen LogP contribution in [0.2, 0.25) is 0 Å². The highest BCUT2D eigenvalue weighted by Crippen LogP contribution is 2.33. The summed E-state index contributed by atoms with van der Waals surface area (Å²) in [5, 5.41) is 4.25. The number of nitrogens with one attached hydrogen (secondary N) is 2. The Bertz CT molecular complexity index is 1640. The van der Waals surface area contributed by atoms with E-state index in [2.05, 4.69) is 44.8 Å². The minimum Gasteiger partial charge on any atom is -0.356 e. The van der Waals surface area contributed by atoms with Gasteiger partial charge in [0.15, 0.2) is 5.65 Å². The second-order valence-electron chi connectivity index (χ2n) is 10.6. The van der Waals surface area contributed by atoms with Crippen LogP contribution in [0.1, 0.15) is 47.2 Å². The van der Waals surface area contributed by atoms with Crippen LogP contribution in [0.15, 0.2) is 61.1 Å². The molecule has 1 aliphatic rings. The number of rotatable bonds is 8. The number of fused-ring (bicyclic) bond motifs is 1. The van der Waals surface area contributed by atoms with Gasteiger partial charge in [-0.25, -0.2) is 23.1 Å². The molecule has 9 nitrogen and oxygen atoms in total. The quantitative estimate of drug-likeness (QED) is 0.311. The molecule has 5 rings (SSSR count). The van der Waals surface area contributed by atoms with E-state index in [1.165, 1.54) is 18.9 Å². The van der Waals surface area contributed by atoms with Crippen molar-refractivity contribution in [2.75, 3.05) is 30.1 Å². The molecule has 0 atom stereocenters. The Morgan fingerprint density at radius 2 is 1.73 bits per heavy atom. The first-order valence-corrected chi connectivity index (χ1v) is 15.3. The van der Waals surface area contributed by atoms with Crippen molar-refractivity contribution in [3.8, 4) is 0 Å². The van der Waals surface area contributed by atoms with Gasteiger partial charge in [-0.3, -0.25) is 9.36 Å². The summed E-state index contributed by atoms with van der Waals surface area (Å²) in [6, 6.07) is 15.7. The van der Waals surface area contributed by atoms with E-state index in [9.17, 15) is 13.2 Å². The summed E-state index contributed by atoms with van der Waals surface area (Å²) in [4.78, 5) is 25.1. The number of carbonyl (C=O) groups is 1. The Labute approximate surface area is 235 Å². The van der Waals surface area contributed by atoms with Crippen molar-refractivity contribution >= 4 is 44.2 Å². The molecule has 0 aliphatic heterocycles. The number of anilines is 3. The second-order valence-corrected chi connectivity index (χ2v) is 12.6. The van der Waals surface area contributed by atoms with E-state index >= 15 is 0 Å². The molecule has 1 aliphatic carbocycles. The normalized spacial score (nSPS) is 17.6. The van der Waals surface area contributed by atoms with Crippen LogP contribution >= 0.6 is 0 Å². The molecular formula is C30H36N6O3S. The van der Waals surface area contributed by atoms with Crippen LogP contribution in [0.5, 0.6) is 0 Å². The highest BCUT2D eigenvalue weighted by Gasteiger charge is 2.29. The summed E-state index contributed by atoms with van der Waals surface area (Å²) in [5.74, 6) is 0.915. The van der Waals surface area contributed by atoms with Crippen LogP contribution in [-0.2, 0) is 10.0 Å². The molecule has 4 aromatic rings. The average Bonchev–Trinajstić information content (AvgIpc) is 3.40. The summed E-state index contributed by atoms with van der Waals surface area (Å²) in [6.07, 6.45) is 6.70. The fraction of sp³-hybridized carbons (Fsp3) is 0.367. The fourth-order valence-corrected chi connectivity index (χ4v) is 6.71. The maximum absolute atomic E-state index is 13.8. The van der Waals surface area contributed by atoms with Gasteiger partial charge in [-0.2, -0.15) is 0 Å². The van der Waals surface area contributed by atoms with Crippen LogP contribution in [0.4, 0.5) is 17.2 Å². The van der Waals surface area contributed by atoms with Crippen molar-refractivity contribution in [1.82, 2.24) is 19.3 Å². The van der Waals surface area contributed by atoms with Gasteiger partial charge in [-0.1, -0.05) is 24.3 Å². The van der Waals surface area contributed by atoms with Crippen LogP contribution in [-0.4, -0.2) is 54.8 Å². The average molecular weight is 561 g/mol. The Hall–Kier alpha value is -3.76. The number of para-hydroxylation sites is 1. The first-order chi connectivity index (χ1) is 19.2. The molecule has 0 amide bonds. The number of aryl methyl sites for hydroxylation is 1. The molecule has 0 saturated heterocycles. The Kier molecular flexibility index (Phi) is 7.91. The topological polar surface area (TPSA) is 109 Å². The molecule has 2 aromatic heterocycles. The molecule has 0 bridgehead atoms. The van der Waals surface area contributed by atoms with E-state index in [0.717, 1.165) is 53.8 Å². The largest absolute Gasteiger partial charge is 0.356 e. The monoisotopic (exact) mass is 560 g/mol. The maximum Gasteiger partial charge on any atom is 0.265 e. The molecule has 210 valence electrons. The maximum atomic E-state index is 13.8. The summed E-state index contributed by atoms with van der Waals surface area (Å²) < 4.78 is 28.0. The predicted octanol–water partition coefficient (Wildman–Crippen LogP) is 5.02. The smallest absolute Gasteiger partial charge is 0.265 e. The van der Waals surface area contributed by atoms with Crippen molar-refractivity contribution in [3.63, 3.8) is 0 Å². The van der Waals surface area contributed by atoms with E-state index in [1.54, 1.807) is 10.8 Å². The second kappa shape index (κ2) is 11.4. The van der Waals surface area contributed by atoms with E-state index < -0.39 is 10.0 Å². The number of aromatic nitrogens is 3. The van der Waals surface area contributed by atoms with Gasteiger partial charge in [0.2, 0.25) is 10.0 Å². The summed E-state index contributed by atoms with van der Waals surface area (Å²) in [5.41, 5.74) is 5.10. The van der Waals surface area contributed by atoms with Gasteiger partial charge in [0.1, 0.15) is 12.1 Å². The van der Waals surface area contributed by atoms with Crippen LogP contribution in [0.3, 0.4) is 0 Å². The highest BCUT2D eigenvalue weighted by atomic mass is 32.2. The van der Waals surface area contributed by atoms with E-state index in [-0.39, 0.29) is 23.6 Å². The van der Waals surface area contributed by atoms with E-state index in [4.69, 9.17) is 0 Å². The first kappa shape index (κ1) is 27.8. The third-order valence-electron chi connectivity index (χ3n) is 8.17. The van der Waals surface area contributed by atoms with Gasteiger partial charge in [0.25, 0.3) is 5.91 Å². The van der Waals surface area contributed by atoms with Crippen molar-refractivity contribution in [2.24, 2.45) is 5.92 Å². The molecule has 10 heteroatoms. The van der Waals surface area contributed by atoms with Crippen LogP contribution in [0, 0.1) is 19.8 Å². The SMILES string of the molecule is CNS(=O)(=O)CC1CCC(N(C)c2ncnc3c2ccn3C(=O)c2ccccc2Nc2cccc(C)c2C)CC1. The first-order valence-electron chi connectivity index (χ1n) is 13.6. The van der Waals surface area contributed by atoms with Gasteiger partial charge in [-0.05, 0) is 87.9 Å². The van der Waals surface area contributed by atoms with Gasteiger partial charge in [0, 0.05) is 25.0 Å². The van der Waals surface area contributed by atoms with Crippen molar-refractivity contribution in [1.29, 1.82) is 0 Å². The Balaban J connectivity index is 1.38. The van der Waals surface area contributed by atoms with E-state index in [0.29, 0.717) is 11.2 Å². The zero-order valence-electron chi connectivity index (χ0n) is 23.4. The van der Waals surface area contributed by atoms with Gasteiger partial charge >= 0.3 is 0 Å². The molecule has 0 spiro atoms. The van der Waals surface area contributed by atoms with Gasteiger partial charge < -0.3 is 10.2 Å². The van der Waals surface area contributed by atoms with Crippen molar-refractivity contribution in [2.45, 2.75) is 45.6 Å². The molecular weight excluding hydrogens is 524 g/mol. The molecule has 0 unspecified atom stereocenters. The standard InChI is InChI=1S/C30H36N6O3S/c1-20-8-7-11-26(21(20)2)34-27-10-6-5-9-24(27)30(37)36-17-16-25-28(32-19-33-29(25)36)35(4)23-14-12-22(13-15-23)18-40(38,39)31-3/h5-11,16-17,19,22-23,31,34H,12-15,18H2,1-4H3. The number of hydrogen-bond donors (Lipinski definition) is 2. The van der Waals surface area contributed by atoms with Crippen LogP contribution in [0.25, 0.3) is 11.0 Å². The zero-order valence-corrected chi connectivity index (χ0v) is 24.2. The van der Waals surface area contributed by atoms with Gasteiger partial charge in [0.05, 0.1) is 22.4 Å². The molecule has 2 N–H and O–H groups in total. The number of carbonyl (C=O) groups excluding carboxylic acids is 1. The Morgan fingerprint density at radius 1 is 1.00 bits per heavy atom. The third-order valence-corrected chi connectivity index (χ3v) is 9.71. The van der Waals surface area contributed by atoms with E-state index in [1.807, 2.05) is 49.5 Å². The molecule has 1 fully saturated rings. The van der Waals surface area contributed by atoms with Crippen LogP contribution < -0.4 is 14.9 Å². The fourth-order valence-electron chi connectivity index (χ4n) is 5.59. The molecule has 1 saturated carbocycles. The lowest BCUT2D eigenvalue weighted by Gasteiger charge is -2.35. The number of sulfonamides is 1. The lowest BCUT2D eigenvalue weighted by molar-refractivity contribution is 0.0965. The summed E-state index contributed by atoms with van der Waals surface area (Å²) in [7, 11) is 0.263. The predicted molar refractivity (Wildman–Crippen MR) is 160 cm³/mol. The third kappa shape index (κ3) is 5.59. The van der Waals surface area contributed by atoms with Gasteiger partial charge in [-0.15, -0.1) is 0 Å². The number of benzene rings is 2. The highest BCUT2D eigenvalue weighted by molar-refractivity contribution is 7.89. The minimum atomic E-state index is -3.21. The molecule has 2 heterocycles. The lowest BCUT2D eigenvalue weighted by atomic mass is 9.86.